The van der Waals surface area contributed by atoms with E-state index >= 15 is 0 Å². The van der Waals surface area contributed by atoms with Gasteiger partial charge in [-0.2, -0.15) is 0 Å². The van der Waals surface area contributed by atoms with Crippen LogP contribution in [-0.4, -0.2) is 13.2 Å². The molecule has 0 radical (unpaired) electrons. The number of hydrogen-bond acceptors (Lipinski definition) is 6. The monoisotopic (exact) mass is 722 g/mol. The second kappa shape index (κ2) is 20.1. The molecule has 0 fully saturated rings. The Bertz CT molecular complexity index is 1440. The first-order valence-electron chi connectivity index (χ1n) is 19.0. The third-order valence-corrected chi connectivity index (χ3v) is 14.0. The highest BCUT2D eigenvalue weighted by Crippen LogP contribution is 2.48. The van der Waals surface area contributed by atoms with Gasteiger partial charge in [-0.05, 0) is 84.7 Å². The zero-order chi connectivity index (χ0) is 33.6. The lowest BCUT2D eigenvalue weighted by Gasteiger charge is -2.22. The van der Waals surface area contributed by atoms with Gasteiger partial charge in [0, 0.05) is 39.7 Å². The number of ether oxygens (including phenoxy) is 2. The van der Waals surface area contributed by atoms with Crippen LogP contribution < -0.4 is 9.47 Å². The number of thiophene rings is 4. The van der Waals surface area contributed by atoms with Gasteiger partial charge in [0.25, 0.3) is 0 Å². The molecule has 0 saturated carbocycles. The molecule has 0 amide bonds. The molecule has 0 aliphatic carbocycles. The van der Waals surface area contributed by atoms with E-state index in [-0.39, 0.29) is 0 Å². The largest absolute Gasteiger partial charge is 0.493 e. The molecule has 2 atom stereocenters. The average Bonchev–Trinajstić information content (AvgIpc) is 3.89. The maximum atomic E-state index is 6.97. The molecule has 5 rings (SSSR count). The molecule has 4 aromatic heterocycles. The molecular weight excluding hydrogens is 665 g/mol. The average molecular weight is 723 g/mol. The van der Waals surface area contributed by atoms with Crippen LogP contribution in [0.3, 0.4) is 0 Å². The normalized spacial score (nSPS) is 13.1. The van der Waals surface area contributed by atoms with E-state index in [0.717, 1.165) is 24.7 Å². The first kappa shape index (κ1) is 37.4. The van der Waals surface area contributed by atoms with Crippen molar-refractivity contribution in [3.63, 3.8) is 0 Å². The van der Waals surface area contributed by atoms with E-state index < -0.39 is 0 Å². The van der Waals surface area contributed by atoms with Gasteiger partial charge in [-0.1, -0.05) is 105 Å². The van der Waals surface area contributed by atoms with Crippen LogP contribution in [0.25, 0.3) is 39.7 Å². The summed E-state index contributed by atoms with van der Waals surface area (Å²) >= 11 is 7.43. The van der Waals surface area contributed by atoms with Crippen LogP contribution in [-0.2, 0) is 0 Å². The maximum Gasteiger partial charge on any atom is 0.128 e. The van der Waals surface area contributed by atoms with Crippen LogP contribution in [0.1, 0.15) is 130 Å². The highest BCUT2D eigenvalue weighted by atomic mass is 32.1. The SMILES string of the molecule is CCCCCCC(CCCC)COc1cc(-c2cc3sccc3s2)c(OCC(CCCC)CCCCCC)cc1-c1cc2sccc2s1. The van der Waals surface area contributed by atoms with Crippen LogP contribution in [0.5, 0.6) is 11.5 Å². The van der Waals surface area contributed by atoms with Crippen molar-refractivity contribution in [1.29, 1.82) is 0 Å². The Morgan fingerprint density at radius 3 is 1.29 bits per heavy atom. The van der Waals surface area contributed by atoms with Crippen LogP contribution in [0.2, 0.25) is 0 Å². The fraction of sp³-hybridized carbons (Fsp3) is 0.571. The maximum absolute atomic E-state index is 6.97. The Morgan fingerprint density at radius 2 is 0.896 bits per heavy atom. The van der Waals surface area contributed by atoms with Gasteiger partial charge < -0.3 is 9.47 Å². The number of fused-ring (bicyclic) bond motifs is 2. The third kappa shape index (κ3) is 10.6. The van der Waals surface area contributed by atoms with E-state index in [4.69, 9.17) is 9.47 Å². The van der Waals surface area contributed by atoms with Crippen molar-refractivity contribution in [3.8, 4) is 32.4 Å². The van der Waals surface area contributed by atoms with E-state index in [1.807, 2.05) is 45.3 Å². The molecule has 0 N–H and O–H groups in total. The Kier molecular flexibility index (Phi) is 15.7. The highest BCUT2D eigenvalue weighted by Gasteiger charge is 2.21. The van der Waals surface area contributed by atoms with Gasteiger partial charge >= 0.3 is 0 Å². The molecular formula is C42H58O2S4. The molecule has 6 heteroatoms. The number of hydrogen-bond donors (Lipinski definition) is 0. The van der Waals surface area contributed by atoms with E-state index in [9.17, 15) is 0 Å². The summed E-state index contributed by atoms with van der Waals surface area (Å²) in [4.78, 5) is 2.57. The summed E-state index contributed by atoms with van der Waals surface area (Å²) < 4.78 is 19.4. The van der Waals surface area contributed by atoms with Gasteiger partial charge in [0.05, 0.1) is 13.2 Å². The summed E-state index contributed by atoms with van der Waals surface area (Å²) in [5.41, 5.74) is 2.38. The lowest BCUT2D eigenvalue weighted by atomic mass is 9.95. The van der Waals surface area contributed by atoms with Gasteiger partial charge in [-0.3, -0.25) is 0 Å². The molecule has 0 aliphatic heterocycles. The van der Waals surface area contributed by atoms with Crippen LogP contribution in [0.15, 0.2) is 47.2 Å². The molecule has 2 nitrogen and oxygen atoms in total. The molecule has 0 spiro atoms. The minimum absolute atomic E-state index is 0.597. The Balaban J connectivity index is 1.49. The van der Waals surface area contributed by atoms with E-state index in [0.29, 0.717) is 11.8 Å². The third-order valence-electron chi connectivity index (χ3n) is 9.70. The number of rotatable bonds is 24. The molecule has 1 aromatic carbocycles. The number of unbranched alkanes of at least 4 members (excludes halogenated alkanes) is 8. The predicted molar refractivity (Wildman–Crippen MR) is 218 cm³/mol. The molecule has 0 saturated heterocycles. The van der Waals surface area contributed by atoms with Gasteiger partial charge in [-0.15, -0.1) is 45.3 Å². The fourth-order valence-corrected chi connectivity index (χ4v) is 11.0. The van der Waals surface area contributed by atoms with Crippen molar-refractivity contribution in [2.75, 3.05) is 13.2 Å². The molecule has 0 bridgehead atoms. The summed E-state index contributed by atoms with van der Waals surface area (Å²) in [5, 5.41) is 4.41. The Hall–Kier alpha value is -1.86. The number of benzene rings is 1. The minimum Gasteiger partial charge on any atom is -0.493 e. The standard InChI is InChI=1S/C42H58O2S4/c1-5-9-13-15-19-31(17-11-7-3)29-43-35-25-34(40-28-42-38(48-40)22-24-46-42)36(26-33(35)39-27-41-37(47-39)21-23-45-41)44-30-32(18-12-8-4)20-16-14-10-6-2/h21-28,31-32H,5-20,29-30H2,1-4H3. The first-order chi connectivity index (χ1) is 23.6. The molecule has 2 unspecified atom stereocenters. The summed E-state index contributed by atoms with van der Waals surface area (Å²) in [7, 11) is 0. The van der Waals surface area contributed by atoms with Crippen molar-refractivity contribution in [1.82, 2.24) is 0 Å². The van der Waals surface area contributed by atoms with Gasteiger partial charge in [0.2, 0.25) is 0 Å². The van der Waals surface area contributed by atoms with Crippen molar-refractivity contribution < 1.29 is 9.47 Å². The minimum atomic E-state index is 0.597. The second-order valence-electron chi connectivity index (χ2n) is 13.7. The molecule has 4 heterocycles. The van der Waals surface area contributed by atoms with E-state index in [1.165, 1.54) is 142 Å². The lowest BCUT2D eigenvalue weighted by Crippen LogP contribution is -2.14. The molecule has 48 heavy (non-hydrogen) atoms. The topological polar surface area (TPSA) is 18.5 Å². The predicted octanol–water partition coefficient (Wildman–Crippen LogP) is 15.9. The van der Waals surface area contributed by atoms with E-state index in [2.05, 4.69) is 74.9 Å². The zero-order valence-electron chi connectivity index (χ0n) is 30.0. The van der Waals surface area contributed by atoms with Gasteiger partial charge in [-0.25, -0.2) is 0 Å². The van der Waals surface area contributed by atoms with Crippen molar-refractivity contribution in [2.24, 2.45) is 11.8 Å². The summed E-state index contributed by atoms with van der Waals surface area (Å²) in [5.74, 6) is 3.22. The van der Waals surface area contributed by atoms with Crippen LogP contribution >= 0.6 is 45.3 Å². The molecule has 262 valence electrons. The molecule has 5 aromatic rings. The van der Waals surface area contributed by atoms with Gasteiger partial charge in [0.15, 0.2) is 0 Å². The van der Waals surface area contributed by atoms with Crippen molar-refractivity contribution in [2.45, 2.75) is 130 Å². The Labute approximate surface area is 306 Å². The van der Waals surface area contributed by atoms with Crippen LogP contribution in [0.4, 0.5) is 0 Å². The second-order valence-corrected chi connectivity index (χ2v) is 17.8. The van der Waals surface area contributed by atoms with Crippen LogP contribution in [0, 0.1) is 11.8 Å². The smallest absolute Gasteiger partial charge is 0.128 e. The van der Waals surface area contributed by atoms with Crippen molar-refractivity contribution >= 4 is 64.1 Å². The summed E-state index contributed by atoms with van der Waals surface area (Å²) in [6.07, 6.45) is 20.6. The summed E-state index contributed by atoms with van der Waals surface area (Å²) in [6.45, 7) is 10.8. The molecule has 0 aliphatic rings. The van der Waals surface area contributed by atoms with Gasteiger partial charge in [0.1, 0.15) is 11.5 Å². The first-order valence-corrected chi connectivity index (χ1v) is 22.4. The fourth-order valence-electron chi connectivity index (χ4n) is 6.72. The quantitative estimate of drug-likeness (QED) is 0.0590. The van der Waals surface area contributed by atoms with Crippen molar-refractivity contribution in [3.05, 3.63) is 47.2 Å². The Morgan fingerprint density at radius 1 is 0.479 bits per heavy atom. The zero-order valence-corrected chi connectivity index (χ0v) is 33.2. The highest BCUT2D eigenvalue weighted by molar-refractivity contribution is 7.29. The van der Waals surface area contributed by atoms with E-state index in [1.54, 1.807) is 0 Å². The summed E-state index contributed by atoms with van der Waals surface area (Å²) in [6, 6.07) is 13.9. The lowest BCUT2D eigenvalue weighted by molar-refractivity contribution is 0.221.